The van der Waals surface area contributed by atoms with Gasteiger partial charge in [0.15, 0.2) is 17.5 Å². The highest BCUT2D eigenvalue weighted by Gasteiger charge is 2.20. The fourth-order valence-corrected chi connectivity index (χ4v) is 8.98. The van der Waals surface area contributed by atoms with Gasteiger partial charge in [0.1, 0.15) is 0 Å². The summed E-state index contributed by atoms with van der Waals surface area (Å²) in [6.07, 6.45) is 0. The molecule has 280 valence electrons. The van der Waals surface area contributed by atoms with Gasteiger partial charge in [0, 0.05) is 49.6 Å². The van der Waals surface area contributed by atoms with Crippen LogP contribution in [0, 0.1) is 0 Å². The lowest BCUT2D eigenvalue weighted by molar-refractivity contribution is 1.07. The molecule has 0 N–H and O–H groups in total. The fourth-order valence-electron chi connectivity index (χ4n) is 8.98. The van der Waals surface area contributed by atoms with Crippen LogP contribution in [-0.2, 0) is 0 Å². The Morgan fingerprint density at radius 2 is 0.800 bits per heavy atom. The quantitative estimate of drug-likeness (QED) is 0.169. The Bertz CT molecular complexity index is 3580. The molecule has 0 aliphatic heterocycles. The highest BCUT2D eigenvalue weighted by Crippen LogP contribution is 2.40. The summed E-state index contributed by atoms with van der Waals surface area (Å²) in [7, 11) is 0. The molecule has 0 saturated carbocycles. The lowest BCUT2D eigenvalue weighted by Crippen LogP contribution is -2.01. The maximum absolute atomic E-state index is 5.35. The van der Waals surface area contributed by atoms with Gasteiger partial charge in [-0.25, -0.2) is 15.0 Å². The highest BCUT2D eigenvalue weighted by atomic mass is 15.0. The van der Waals surface area contributed by atoms with Crippen molar-refractivity contribution in [2.75, 3.05) is 0 Å². The van der Waals surface area contributed by atoms with E-state index in [1.165, 1.54) is 21.5 Å². The van der Waals surface area contributed by atoms with E-state index in [0.29, 0.717) is 17.5 Å². The van der Waals surface area contributed by atoms with Gasteiger partial charge in [-0.05, 0) is 76.5 Å². The molecule has 0 spiro atoms. The molecule has 12 aromatic rings. The molecule has 12 rings (SSSR count). The Kier molecular flexibility index (Phi) is 7.78. The third kappa shape index (κ3) is 5.52. The second-order valence-electron chi connectivity index (χ2n) is 15.3. The first-order chi connectivity index (χ1) is 29.7. The van der Waals surface area contributed by atoms with Crippen LogP contribution in [0.1, 0.15) is 0 Å². The molecule has 5 nitrogen and oxygen atoms in total. The number of rotatable bonds is 6. The number of fused-ring (bicyclic) bond motifs is 7. The minimum atomic E-state index is 0.610. The van der Waals surface area contributed by atoms with E-state index in [9.17, 15) is 0 Å². The number of para-hydroxylation sites is 3. The van der Waals surface area contributed by atoms with Gasteiger partial charge in [0.25, 0.3) is 0 Å². The lowest BCUT2D eigenvalue weighted by Gasteiger charge is -2.13. The topological polar surface area (TPSA) is 48.5 Å². The van der Waals surface area contributed by atoms with E-state index in [4.69, 9.17) is 15.0 Å². The van der Waals surface area contributed by atoms with Gasteiger partial charge in [0.05, 0.1) is 22.1 Å². The van der Waals surface area contributed by atoms with E-state index in [1.807, 2.05) is 6.07 Å². The van der Waals surface area contributed by atoms with E-state index >= 15 is 0 Å². The zero-order chi connectivity index (χ0) is 39.6. The molecule has 0 amide bonds. The first-order valence-corrected chi connectivity index (χ1v) is 20.3. The zero-order valence-electron chi connectivity index (χ0n) is 32.4. The third-order valence-electron chi connectivity index (χ3n) is 11.7. The summed E-state index contributed by atoms with van der Waals surface area (Å²) in [6.45, 7) is 0. The molecule has 0 saturated heterocycles. The monoisotopic (exact) mass is 765 g/mol. The molecule has 0 atom stereocenters. The van der Waals surface area contributed by atoms with Gasteiger partial charge in [-0.2, -0.15) is 0 Å². The van der Waals surface area contributed by atoms with E-state index in [0.717, 1.165) is 72.0 Å². The van der Waals surface area contributed by atoms with Crippen molar-refractivity contribution < 1.29 is 0 Å². The Morgan fingerprint density at radius 3 is 1.58 bits per heavy atom. The summed E-state index contributed by atoms with van der Waals surface area (Å²) < 4.78 is 4.70. The average Bonchev–Trinajstić information content (AvgIpc) is 3.84. The van der Waals surface area contributed by atoms with Gasteiger partial charge in [-0.3, -0.25) is 0 Å². The molecule has 5 heteroatoms. The first-order valence-electron chi connectivity index (χ1n) is 20.3. The minimum absolute atomic E-state index is 0.610. The normalized spacial score (nSPS) is 11.7. The zero-order valence-corrected chi connectivity index (χ0v) is 32.4. The predicted molar refractivity (Wildman–Crippen MR) is 248 cm³/mol. The van der Waals surface area contributed by atoms with Crippen molar-refractivity contribution in [3.8, 4) is 56.7 Å². The van der Waals surface area contributed by atoms with Crippen LogP contribution >= 0.6 is 0 Å². The summed E-state index contributed by atoms with van der Waals surface area (Å²) in [5.41, 5.74) is 11.8. The molecule has 0 aliphatic carbocycles. The van der Waals surface area contributed by atoms with Gasteiger partial charge >= 0.3 is 0 Å². The van der Waals surface area contributed by atoms with E-state index in [2.05, 4.69) is 215 Å². The van der Waals surface area contributed by atoms with Gasteiger partial charge in [-0.15, -0.1) is 0 Å². The Labute approximate surface area is 346 Å². The summed E-state index contributed by atoms with van der Waals surface area (Å²) in [6, 6.07) is 75.0. The van der Waals surface area contributed by atoms with Crippen LogP contribution in [-0.4, -0.2) is 24.1 Å². The van der Waals surface area contributed by atoms with E-state index < -0.39 is 0 Å². The maximum Gasteiger partial charge on any atom is 0.164 e. The van der Waals surface area contributed by atoms with Crippen LogP contribution in [0.5, 0.6) is 0 Å². The van der Waals surface area contributed by atoms with Crippen LogP contribution in [0.4, 0.5) is 0 Å². The Hall–Kier alpha value is -8.15. The molecule has 0 radical (unpaired) electrons. The van der Waals surface area contributed by atoms with Crippen LogP contribution in [0.3, 0.4) is 0 Å². The van der Waals surface area contributed by atoms with Crippen molar-refractivity contribution in [1.29, 1.82) is 0 Å². The van der Waals surface area contributed by atoms with Crippen molar-refractivity contribution in [3.05, 3.63) is 212 Å². The summed E-state index contributed by atoms with van der Waals surface area (Å²) in [5.74, 6) is 1.85. The first kappa shape index (κ1) is 33.9. The Balaban J connectivity index is 1.08. The van der Waals surface area contributed by atoms with E-state index in [-0.39, 0.29) is 0 Å². The number of nitrogens with zero attached hydrogens (tertiary/aromatic N) is 5. The summed E-state index contributed by atoms with van der Waals surface area (Å²) in [5, 5.41) is 7.12. The molecular formula is C55H35N5. The van der Waals surface area contributed by atoms with Crippen LogP contribution in [0.15, 0.2) is 212 Å². The van der Waals surface area contributed by atoms with Crippen LogP contribution in [0.25, 0.3) is 111 Å². The fraction of sp³-hybridized carbons (Fsp3) is 0. The molecular weight excluding hydrogens is 731 g/mol. The van der Waals surface area contributed by atoms with Crippen molar-refractivity contribution in [1.82, 2.24) is 24.1 Å². The average molecular weight is 766 g/mol. The molecule has 0 unspecified atom stereocenters. The lowest BCUT2D eigenvalue weighted by atomic mass is 10.0. The minimum Gasteiger partial charge on any atom is -0.309 e. The number of hydrogen-bond donors (Lipinski definition) is 0. The maximum atomic E-state index is 5.35. The number of benzene rings is 9. The molecule has 3 aromatic heterocycles. The van der Waals surface area contributed by atoms with Crippen molar-refractivity contribution in [3.63, 3.8) is 0 Å². The van der Waals surface area contributed by atoms with Crippen molar-refractivity contribution in [2.24, 2.45) is 0 Å². The largest absolute Gasteiger partial charge is 0.309 e. The SMILES string of the molecule is c1ccc(-c2ccc(-c3nc(-c4cccc(-n5c6ccccc6c6cc7ccccc7cc65)c4)nc(-c4cccc5c4c4ccccc4n5-c4ccccc4)n3)cc2)cc1. The van der Waals surface area contributed by atoms with Gasteiger partial charge < -0.3 is 9.13 Å². The number of aromatic nitrogens is 5. The highest BCUT2D eigenvalue weighted by molar-refractivity contribution is 6.16. The molecule has 0 fully saturated rings. The van der Waals surface area contributed by atoms with Crippen LogP contribution in [0.2, 0.25) is 0 Å². The predicted octanol–water partition coefficient (Wildman–Crippen LogP) is 13.9. The molecule has 0 bridgehead atoms. The third-order valence-corrected chi connectivity index (χ3v) is 11.7. The van der Waals surface area contributed by atoms with Gasteiger partial charge in [0.2, 0.25) is 0 Å². The van der Waals surface area contributed by atoms with E-state index in [1.54, 1.807) is 0 Å². The molecule has 60 heavy (non-hydrogen) atoms. The molecule has 0 aliphatic rings. The molecule has 9 aromatic carbocycles. The number of hydrogen-bond acceptors (Lipinski definition) is 3. The molecule has 3 heterocycles. The second kappa shape index (κ2) is 13.8. The smallest absolute Gasteiger partial charge is 0.164 e. The summed E-state index contributed by atoms with van der Waals surface area (Å²) in [4.78, 5) is 15.9. The van der Waals surface area contributed by atoms with Crippen LogP contribution < -0.4 is 0 Å². The standard InChI is InChI=1S/C55H35N5/c1-3-15-36(16-4-1)37-29-31-38(32-30-37)53-56-54(58-55(57-53)46-25-14-28-50-52(46)45-24-10-12-27-49(45)59(50)42-20-5-2-6-21-42)41-19-13-22-43(33-41)60-48-26-11-9-23-44(48)47-34-39-17-7-8-18-40(39)35-51(47)60/h1-35H. The van der Waals surface area contributed by atoms with Crippen molar-refractivity contribution in [2.45, 2.75) is 0 Å². The van der Waals surface area contributed by atoms with Gasteiger partial charge in [-0.1, -0.05) is 158 Å². The summed E-state index contributed by atoms with van der Waals surface area (Å²) >= 11 is 0. The van der Waals surface area contributed by atoms with Crippen molar-refractivity contribution >= 4 is 54.4 Å². The Morgan fingerprint density at radius 1 is 0.283 bits per heavy atom. The second-order valence-corrected chi connectivity index (χ2v) is 15.3.